The van der Waals surface area contributed by atoms with Crippen LogP contribution in [0.4, 0.5) is 0 Å². The summed E-state index contributed by atoms with van der Waals surface area (Å²) >= 11 is 0. The number of ketones is 2. The van der Waals surface area contributed by atoms with Crippen LogP contribution in [0.25, 0.3) is 0 Å². The maximum Gasteiger partial charge on any atom is 2.00 e. The molecular weight excluding hydrogens is 432 g/mol. The van der Waals surface area contributed by atoms with Crippen molar-refractivity contribution in [2.45, 2.75) is 0 Å². The number of rotatable bonds is 6. The average Bonchev–Trinajstić information content (AvgIpc) is 3.53. The summed E-state index contributed by atoms with van der Waals surface area (Å²) < 4.78 is 10.1. The van der Waals surface area contributed by atoms with E-state index < -0.39 is 0 Å². The molecule has 0 saturated heterocycles. The number of carbonyl (C=O) groups excluding carboxylic acids is 2. The third-order valence-electron chi connectivity index (χ3n) is 4.55. The van der Waals surface area contributed by atoms with Gasteiger partial charge in [-0.2, -0.15) is 0 Å². The van der Waals surface area contributed by atoms with Crippen molar-refractivity contribution in [2.24, 2.45) is 0 Å². The second-order valence-electron chi connectivity index (χ2n) is 6.46. The van der Waals surface area contributed by atoms with Crippen molar-refractivity contribution in [3.05, 3.63) is 123 Å². The number of carbonyl (C=O) groups is 2. The molecule has 0 spiro atoms. The summed E-state index contributed by atoms with van der Waals surface area (Å²) in [5.41, 5.74) is 1.36. The third-order valence-corrected chi connectivity index (χ3v) is 4.55. The van der Waals surface area contributed by atoms with Crippen LogP contribution in [0.2, 0.25) is 0 Å². The Morgan fingerprint density at radius 2 is 0.839 bits per heavy atom. The molecule has 0 unspecified atom stereocenters. The molecule has 0 amide bonds. The smallest absolute Gasteiger partial charge is 0.497 e. The minimum absolute atomic E-state index is 0. The van der Waals surface area contributed by atoms with E-state index in [0.717, 1.165) is 23.3 Å². The van der Waals surface area contributed by atoms with E-state index in [2.05, 4.69) is 0 Å². The molecule has 4 nitrogen and oxygen atoms in total. The number of benzene rings is 2. The maximum absolute atomic E-state index is 11.9. The van der Waals surface area contributed by atoms with Crippen molar-refractivity contribution >= 4 is 11.6 Å². The molecule has 0 heterocycles. The zero-order valence-corrected chi connectivity index (χ0v) is 18.3. The van der Waals surface area contributed by atoms with Crippen LogP contribution < -0.4 is 9.47 Å². The molecule has 2 aliphatic rings. The van der Waals surface area contributed by atoms with Gasteiger partial charge in [-0.05, 0) is 99.9 Å². The molecule has 2 aliphatic carbocycles. The van der Waals surface area contributed by atoms with Crippen molar-refractivity contribution in [3.63, 3.8) is 0 Å². The molecule has 31 heavy (non-hydrogen) atoms. The predicted molar refractivity (Wildman–Crippen MR) is 116 cm³/mol. The first-order valence-corrected chi connectivity index (χ1v) is 9.43. The summed E-state index contributed by atoms with van der Waals surface area (Å²) in [5, 5.41) is 0. The van der Waals surface area contributed by atoms with Gasteiger partial charge in [0.1, 0.15) is 11.5 Å². The summed E-state index contributed by atoms with van der Waals surface area (Å²) in [5.74, 6) is 3.05. The largest absolute Gasteiger partial charge is 2.00 e. The first kappa shape index (κ1) is 25.2. The van der Waals surface area contributed by atoms with Crippen LogP contribution in [-0.4, -0.2) is 25.8 Å². The van der Waals surface area contributed by atoms with Gasteiger partial charge in [0.05, 0.1) is 26.1 Å². The Hall–Kier alpha value is -2.10. The van der Waals surface area contributed by atoms with Crippen molar-refractivity contribution in [3.8, 4) is 11.5 Å². The molecular formula is C26H22FeO4+2. The summed E-state index contributed by atoms with van der Waals surface area (Å²) in [6.45, 7) is 0. The molecule has 10 radical (unpaired) electrons. The van der Waals surface area contributed by atoms with Crippen molar-refractivity contribution in [2.75, 3.05) is 14.2 Å². The molecule has 0 bridgehead atoms. The second-order valence-corrected chi connectivity index (χ2v) is 6.46. The fourth-order valence-corrected chi connectivity index (χ4v) is 2.87. The Labute approximate surface area is 196 Å². The first-order valence-electron chi connectivity index (χ1n) is 9.43. The van der Waals surface area contributed by atoms with Crippen LogP contribution in [-0.2, 0) is 17.1 Å². The van der Waals surface area contributed by atoms with Crippen LogP contribution in [0.15, 0.2) is 48.5 Å². The van der Waals surface area contributed by atoms with Gasteiger partial charge < -0.3 is 9.47 Å². The predicted octanol–water partition coefficient (Wildman–Crippen LogP) is 4.56. The van der Waals surface area contributed by atoms with E-state index in [1.165, 1.54) is 0 Å². The topological polar surface area (TPSA) is 52.6 Å². The zero-order valence-electron chi connectivity index (χ0n) is 17.2. The normalized spacial score (nSPS) is 16.1. The fourth-order valence-electron chi connectivity index (χ4n) is 2.87. The van der Waals surface area contributed by atoms with Crippen molar-refractivity contribution in [1.29, 1.82) is 0 Å². The Bertz CT molecular complexity index is 746. The minimum atomic E-state index is 0. The third kappa shape index (κ3) is 6.95. The summed E-state index contributed by atoms with van der Waals surface area (Å²) in [7, 11) is 3.21. The number of methoxy groups -OCH3 is 2. The van der Waals surface area contributed by atoms with Gasteiger partial charge in [0, 0.05) is 11.1 Å². The molecule has 0 atom stereocenters. The van der Waals surface area contributed by atoms with Crippen LogP contribution in [0.1, 0.15) is 20.7 Å². The quantitative estimate of drug-likeness (QED) is 0.474. The van der Waals surface area contributed by atoms with Gasteiger partial charge in [-0.3, -0.25) is 9.59 Å². The standard InChI is InChI=1S/2C13H11O2.Fe/c2*1-15-12-8-6-11(7-9-12)13(14)10-4-2-3-5-10;/h2*2-9H,1H3;/q;;+2. The molecule has 2 aromatic carbocycles. The number of Topliss-reactive ketones (excluding diaryl/α,β-unsaturated/α-hetero) is 2. The Morgan fingerprint density at radius 3 is 1.10 bits per heavy atom. The van der Waals surface area contributed by atoms with Crippen LogP contribution in [0.5, 0.6) is 11.5 Å². The van der Waals surface area contributed by atoms with E-state index in [9.17, 15) is 9.59 Å². The molecule has 0 aromatic heterocycles. The molecule has 2 fully saturated rings. The molecule has 5 heteroatoms. The monoisotopic (exact) mass is 454 g/mol. The van der Waals surface area contributed by atoms with Crippen LogP contribution >= 0.6 is 0 Å². The molecule has 2 saturated carbocycles. The van der Waals surface area contributed by atoms with E-state index in [-0.39, 0.29) is 28.6 Å². The Balaban J connectivity index is 0.000000213. The van der Waals surface area contributed by atoms with Gasteiger partial charge in [-0.25, -0.2) is 0 Å². The second kappa shape index (κ2) is 12.7. The first-order chi connectivity index (χ1) is 14.6. The minimum Gasteiger partial charge on any atom is -0.497 e. The maximum atomic E-state index is 11.9. The summed E-state index contributed by atoms with van der Waals surface area (Å²) in [4.78, 5) is 23.7. The van der Waals surface area contributed by atoms with Crippen LogP contribution in [0.3, 0.4) is 0 Å². The van der Waals surface area contributed by atoms with E-state index in [1.807, 2.05) is 51.4 Å². The number of hydrogen-bond donors (Lipinski definition) is 0. The van der Waals surface area contributed by atoms with E-state index in [0.29, 0.717) is 11.1 Å². The van der Waals surface area contributed by atoms with Gasteiger partial charge in [-0.1, -0.05) is 0 Å². The number of hydrogen-bond acceptors (Lipinski definition) is 4. The average molecular weight is 454 g/mol. The Morgan fingerprint density at radius 1 is 0.548 bits per heavy atom. The summed E-state index contributed by atoms with van der Waals surface area (Å²) in [6.07, 6.45) is 14.7. The van der Waals surface area contributed by atoms with Gasteiger partial charge in [0.2, 0.25) is 0 Å². The van der Waals surface area contributed by atoms with Gasteiger partial charge in [0.15, 0.2) is 11.6 Å². The number of ether oxygens (including phenoxy) is 2. The van der Waals surface area contributed by atoms with Gasteiger partial charge in [-0.15, -0.1) is 0 Å². The molecule has 0 N–H and O–H groups in total. The van der Waals surface area contributed by atoms with Crippen molar-refractivity contribution in [1.82, 2.24) is 0 Å². The van der Waals surface area contributed by atoms with E-state index >= 15 is 0 Å². The van der Waals surface area contributed by atoms with E-state index in [4.69, 9.17) is 9.47 Å². The summed E-state index contributed by atoms with van der Waals surface area (Å²) in [6, 6.07) is 14.2. The SMILES string of the molecule is COc1ccc(C(=O)[C]2[CH][CH][CH][CH]2)cc1.COc1ccc(C(=O)[C]2[CH][CH][CH][CH]2)cc1.[Fe+2]. The van der Waals surface area contributed by atoms with Gasteiger partial charge in [0.25, 0.3) is 0 Å². The van der Waals surface area contributed by atoms with Crippen LogP contribution in [0, 0.1) is 63.2 Å². The molecule has 4 rings (SSSR count). The zero-order chi connectivity index (χ0) is 21.3. The molecule has 156 valence electrons. The molecule has 0 aliphatic heterocycles. The van der Waals surface area contributed by atoms with Crippen molar-refractivity contribution < 1.29 is 36.1 Å². The molecule has 2 aromatic rings. The van der Waals surface area contributed by atoms with Gasteiger partial charge >= 0.3 is 17.1 Å². The fraction of sp³-hybridized carbons (Fsp3) is 0.0769. The Kier molecular flexibility index (Phi) is 10.3. The van der Waals surface area contributed by atoms with E-state index in [1.54, 1.807) is 62.8 Å².